The van der Waals surface area contributed by atoms with Crippen LogP contribution < -0.4 is 9.47 Å². The van der Waals surface area contributed by atoms with Gasteiger partial charge in [-0.05, 0) is 36.4 Å². The minimum absolute atomic E-state index is 0.0571. The highest BCUT2D eigenvalue weighted by atomic mass is 32.1. The number of aromatic carboxylic acids is 1. The predicted octanol–water partition coefficient (Wildman–Crippen LogP) is 4.31. The van der Waals surface area contributed by atoms with Crippen molar-refractivity contribution in [3.8, 4) is 27.8 Å². The summed E-state index contributed by atoms with van der Waals surface area (Å²) >= 11 is 1.30. The van der Waals surface area contributed by atoms with E-state index >= 15 is 0 Å². The largest absolute Gasteiger partial charge is 0.497 e. The van der Waals surface area contributed by atoms with Gasteiger partial charge in [-0.1, -0.05) is 6.07 Å². The molecule has 23 heavy (non-hydrogen) atoms. The van der Waals surface area contributed by atoms with E-state index in [-0.39, 0.29) is 5.69 Å². The number of methoxy groups -OCH3 is 1. The van der Waals surface area contributed by atoms with Gasteiger partial charge in [0.2, 0.25) is 0 Å². The van der Waals surface area contributed by atoms with Gasteiger partial charge in [0.25, 0.3) is 0 Å². The molecule has 0 radical (unpaired) electrons. The molecule has 6 heteroatoms. The van der Waals surface area contributed by atoms with Gasteiger partial charge in [0.15, 0.2) is 5.69 Å². The maximum absolute atomic E-state index is 10.9. The number of nitrogens with zero attached hydrogens (tertiary/aromatic N) is 1. The summed E-state index contributed by atoms with van der Waals surface area (Å²) in [5.74, 6) is 1.06. The first-order valence-corrected chi connectivity index (χ1v) is 7.65. The van der Waals surface area contributed by atoms with Gasteiger partial charge in [-0.15, -0.1) is 11.3 Å². The van der Waals surface area contributed by atoms with Gasteiger partial charge in [0, 0.05) is 17.0 Å². The van der Waals surface area contributed by atoms with Crippen molar-refractivity contribution in [2.24, 2.45) is 0 Å². The number of hydrogen-bond acceptors (Lipinski definition) is 5. The Labute approximate surface area is 136 Å². The second-order valence-electron chi connectivity index (χ2n) is 4.65. The fraction of sp³-hybridized carbons (Fsp3) is 0.0588. The predicted molar refractivity (Wildman–Crippen MR) is 87.6 cm³/mol. The first kappa shape index (κ1) is 15.1. The third-order valence-electron chi connectivity index (χ3n) is 3.10. The molecule has 0 amide bonds. The highest BCUT2D eigenvalue weighted by Gasteiger charge is 2.10. The molecule has 3 rings (SSSR count). The van der Waals surface area contributed by atoms with Crippen LogP contribution in [0.1, 0.15) is 10.5 Å². The Kier molecular flexibility index (Phi) is 4.25. The third kappa shape index (κ3) is 3.49. The molecule has 0 fully saturated rings. The first-order chi connectivity index (χ1) is 11.2. The number of ether oxygens (including phenoxy) is 2. The number of rotatable bonds is 5. The second-order valence-corrected chi connectivity index (χ2v) is 5.51. The van der Waals surface area contributed by atoms with Gasteiger partial charge in [0.1, 0.15) is 22.3 Å². The lowest BCUT2D eigenvalue weighted by molar-refractivity contribution is 0.0691. The summed E-state index contributed by atoms with van der Waals surface area (Å²) in [4.78, 5) is 14.9. The number of carboxylic acids is 1. The number of hydrogen-bond donors (Lipinski definition) is 1. The van der Waals surface area contributed by atoms with E-state index in [1.54, 1.807) is 13.2 Å². The van der Waals surface area contributed by atoms with E-state index in [9.17, 15) is 4.79 Å². The molecule has 1 aromatic heterocycles. The van der Waals surface area contributed by atoms with E-state index in [4.69, 9.17) is 14.6 Å². The van der Waals surface area contributed by atoms with Crippen LogP contribution in [-0.2, 0) is 0 Å². The van der Waals surface area contributed by atoms with E-state index in [0.717, 1.165) is 11.3 Å². The molecule has 0 bridgehead atoms. The van der Waals surface area contributed by atoms with Gasteiger partial charge >= 0.3 is 5.97 Å². The van der Waals surface area contributed by atoms with Crippen LogP contribution in [0.5, 0.6) is 17.2 Å². The summed E-state index contributed by atoms with van der Waals surface area (Å²) in [5, 5.41) is 11.1. The molecule has 116 valence electrons. The molecule has 5 nitrogen and oxygen atoms in total. The van der Waals surface area contributed by atoms with E-state index in [0.29, 0.717) is 16.5 Å². The summed E-state index contributed by atoms with van der Waals surface area (Å²) in [7, 11) is 1.60. The van der Waals surface area contributed by atoms with Crippen molar-refractivity contribution < 1.29 is 19.4 Å². The number of carbonyl (C=O) groups is 1. The van der Waals surface area contributed by atoms with Crippen LogP contribution in [0.3, 0.4) is 0 Å². The summed E-state index contributed by atoms with van der Waals surface area (Å²) in [6.45, 7) is 0. The number of benzene rings is 2. The first-order valence-electron chi connectivity index (χ1n) is 6.77. The minimum atomic E-state index is -1.02. The summed E-state index contributed by atoms with van der Waals surface area (Å²) in [5.41, 5.74) is 0.905. The van der Waals surface area contributed by atoms with Gasteiger partial charge in [-0.3, -0.25) is 0 Å². The van der Waals surface area contributed by atoms with Crippen LogP contribution in [0.2, 0.25) is 0 Å². The van der Waals surface area contributed by atoms with Crippen LogP contribution in [0, 0.1) is 0 Å². The van der Waals surface area contributed by atoms with Gasteiger partial charge < -0.3 is 14.6 Å². The molecule has 0 aliphatic rings. The third-order valence-corrected chi connectivity index (χ3v) is 3.99. The Hall–Kier alpha value is -2.86. The quantitative estimate of drug-likeness (QED) is 0.756. The van der Waals surface area contributed by atoms with E-state index in [2.05, 4.69) is 4.98 Å². The molecular weight excluding hydrogens is 314 g/mol. The molecular formula is C17H13NO4S. The zero-order chi connectivity index (χ0) is 16.2. The van der Waals surface area contributed by atoms with Crippen molar-refractivity contribution in [3.05, 3.63) is 59.6 Å². The van der Waals surface area contributed by atoms with Gasteiger partial charge in [0.05, 0.1) is 7.11 Å². The zero-order valence-electron chi connectivity index (χ0n) is 12.2. The van der Waals surface area contributed by atoms with Crippen LogP contribution in [0.15, 0.2) is 53.9 Å². The molecule has 0 saturated heterocycles. The topological polar surface area (TPSA) is 68.7 Å². The molecule has 0 unspecified atom stereocenters. The van der Waals surface area contributed by atoms with Crippen molar-refractivity contribution in [2.45, 2.75) is 0 Å². The average Bonchev–Trinajstić information content (AvgIpc) is 3.06. The monoisotopic (exact) mass is 327 g/mol. The molecule has 0 atom stereocenters. The standard InChI is InChI=1S/C17H13NO4S/c1-21-13-3-2-4-14(9-13)22-12-7-5-11(6-8-12)16-18-15(10-23-16)17(19)20/h2-10H,1H3,(H,19,20). The van der Waals surface area contributed by atoms with Crippen LogP contribution >= 0.6 is 11.3 Å². The second kappa shape index (κ2) is 6.50. The lowest BCUT2D eigenvalue weighted by Crippen LogP contribution is -1.95. The lowest BCUT2D eigenvalue weighted by atomic mass is 10.2. The minimum Gasteiger partial charge on any atom is -0.497 e. The van der Waals surface area contributed by atoms with Crippen molar-refractivity contribution in [1.29, 1.82) is 0 Å². The van der Waals surface area contributed by atoms with Crippen molar-refractivity contribution in [2.75, 3.05) is 7.11 Å². The van der Waals surface area contributed by atoms with E-state index in [1.807, 2.05) is 42.5 Å². The zero-order valence-corrected chi connectivity index (χ0v) is 13.0. The molecule has 0 spiro atoms. The SMILES string of the molecule is COc1cccc(Oc2ccc(-c3nc(C(=O)O)cs3)cc2)c1. The molecule has 1 N–H and O–H groups in total. The Balaban J connectivity index is 1.77. The summed E-state index contributed by atoms with van der Waals surface area (Å²) in [6, 6.07) is 14.7. The molecule has 0 aliphatic carbocycles. The Morgan fingerprint density at radius 2 is 1.83 bits per heavy atom. The Morgan fingerprint density at radius 1 is 1.09 bits per heavy atom. The Morgan fingerprint density at radius 3 is 2.48 bits per heavy atom. The van der Waals surface area contributed by atoms with Crippen molar-refractivity contribution in [1.82, 2.24) is 4.98 Å². The molecule has 2 aromatic carbocycles. The maximum atomic E-state index is 10.9. The highest BCUT2D eigenvalue weighted by molar-refractivity contribution is 7.13. The number of carboxylic acid groups (broad SMARTS) is 1. The Bertz CT molecular complexity index is 827. The maximum Gasteiger partial charge on any atom is 0.355 e. The van der Waals surface area contributed by atoms with Crippen molar-refractivity contribution in [3.63, 3.8) is 0 Å². The molecule has 0 aliphatic heterocycles. The average molecular weight is 327 g/mol. The summed E-state index contributed by atoms with van der Waals surface area (Å²) in [6.07, 6.45) is 0. The number of thiazole rings is 1. The van der Waals surface area contributed by atoms with Gasteiger partial charge in [-0.2, -0.15) is 0 Å². The smallest absolute Gasteiger partial charge is 0.355 e. The molecule has 3 aromatic rings. The van der Waals surface area contributed by atoms with Crippen LogP contribution in [0.4, 0.5) is 0 Å². The van der Waals surface area contributed by atoms with Crippen LogP contribution in [0.25, 0.3) is 10.6 Å². The van der Waals surface area contributed by atoms with Crippen LogP contribution in [-0.4, -0.2) is 23.2 Å². The molecule has 1 heterocycles. The van der Waals surface area contributed by atoms with E-state index < -0.39 is 5.97 Å². The molecule has 0 saturated carbocycles. The van der Waals surface area contributed by atoms with Gasteiger partial charge in [-0.25, -0.2) is 9.78 Å². The lowest BCUT2D eigenvalue weighted by Gasteiger charge is -2.07. The van der Waals surface area contributed by atoms with Crippen molar-refractivity contribution >= 4 is 17.3 Å². The summed E-state index contributed by atoms with van der Waals surface area (Å²) < 4.78 is 10.9. The normalized spacial score (nSPS) is 10.3. The fourth-order valence-corrected chi connectivity index (χ4v) is 2.77. The fourth-order valence-electron chi connectivity index (χ4n) is 1.97. The van der Waals surface area contributed by atoms with E-state index in [1.165, 1.54) is 16.7 Å². The number of aromatic nitrogens is 1. The highest BCUT2D eigenvalue weighted by Crippen LogP contribution is 2.29.